The average Bonchev–Trinajstić information content (AvgIpc) is 2.64. The second-order valence-electron chi connectivity index (χ2n) is 5.15. The van der Waals surface area contributed by atoms with Crippen LogP contribution in [0, 0.1) is 0 Å². The highest BCUT2D eigenvalue weighted by Crippen LogP contribution is 2.47. The van der Waals surface area contributed by atoms with Crippen molar-refractivity contribution in [2.75, 3.05) is 0 Å². The van der Waals surface area contributed by atoms with Crippen molar-refractivity contribution in [2.24, 2.45) is 10.9 Å². The Balaban J connectivity index is 2.52. The predicted molar refractivity (Wildman–Crippen MR) is 79.4 cm³/mol. The minimum atomic E-state index is -0.0572. The first-order valence-electron chi connectivity index (χ1n) is 6.31. The van der Waals surface area contributed by atoms with Crippen molar-refractivity contribution in [1.82, 2.24) is 4.90 Å². The van der Waals surface area contributed by atoms with E-state index in [9.17, 15) is 0 Å². The Morgan fingerprint density at radius 3 is 2.44 bits per heavy atom. The molecule has 2 N–H and O–H groups in total. The third-order valence-corrected chi connectivity index (χ3v) is 5.09. The van der Waals surface area contributed by atoms with E-state index in [0.717, 1.165) is 5.17 Å². The van der Waals surface area contributed by atoms with Crippen LogP contribution in [0.2, 0.25) is 0 Å². The van der Waals surface area contributed by atoms with E-state index >= 15 is 0 Å². The molecule has 4 heteroatoms. The van der Waals surface area contributed by atoms with Crippen molar-refractivity contribution in [2.45, 2.75) is 44.5 Å². The second kappa shape index (κ2) is 4.84. The second-order valence-corrected chi connectivity index (χ2v) is 6.46. The molecule has 0 aromatic heterocycles. The third-order valence-electron chi connectivity index (χ3n) is 3.77. The lowest BCUT2D eigenvalue weighted by atomic mass is 9.86. The van der Waals surface area contributed by atoms with E-state index in [0.29, 0.717) is 11.3 Å². The molecule has 2 atom stereocenters. The molecule has 1 aromatic rings. The summed E-state index contributed by atoms with van der Waals surface area (Å²) in [6.07, 6.45) is 0. The summed E-state index contributed by atoms with van der Waals surface area (Å²) in [7, 11) is 0. The van der Waals surface area contributed by atoms with E-state index in [1.807, 2.05) is 0 Å². The number of hydrogen-bond acceptors (Lipinski definition) is 3. The van der Waals surface area contributed by atoms with Gasteiger partial charge in [0.05, 0.1) is 5.54 Å². The van der Waals surface area contributed by atoms with Crippen LogP contribution in [0.15, 0.2) is 35.4 Å². The first-order chi connectivity index (χ1) is 8.51. The summed E-state index contributed by atoms with van der Waals surface area (Å²) >= 11 is 1.75. The molecule has 1 aliphatic heterocycles. The Labute approximate surface area is 113 Å². The molecule has 1 fully saturated rings. The van der Waals surface area contributed by atoms with Gasteiger partial charge in [0.2, 0.25) is 0 Å². The summed E-state index contributed by atoms with van der Waals surface area (Å²) in [5.74, 6) is 5.55. The van der Waals surface area contributed by atoms with Gasteiger partial charge in [-0.3, -0.25) is 0 Å². The SMILES string of the molecule is CC(C)N1/C(=N/N)SC(C)C1(C)c1ccccc1. The van der Waals surface area contributed by atoms with Gasteiger partial charge in [0.25, 0.3) is 0 Å². The molecule has 1 aromatic carbocycles. The van der Waals surface area contributed by atoms with Crippen molar-refractivity contribution in [3.8, 4) is 0 Å². The number of thioether (sulfide) groups is 1. The number of nitrogens with two attached hydrogens (primary N) is 1. The molecule has 0 radical (unpaired) electrons. The van der Waals surface area contributed by atoms with Gasteiger partial charge in [0, 0.05) is 11.3 Å². The smallest absolute Gasteiger partial charge is 0.184 e. The van der Waals surface area contributed by atoms with Crippen LogP contribution in [-0.4, -0.2) is 21.4 Å². The van der Waals surface area contributed by atoms with E-state index in [4.69, 9.17) is 5.84 Å². The minimum Gasteiger partial charge on any atom is -0.337 e. The summed E-state index contributed by atoms with van der Waals surface area (Å²) in [5.41, 5.74) is 1.26. The molecular formula is C14H21N3S. The lowest BCUT2D eigenvalue weighted by Gasteiger charge is -2.41. The normalized spacial score (nSPS) is 30.4. The number of hydrogen-bond donors (Lipinski definition) is 1. The maximum Gasteiger partial charge on any atom is 0.184 e. The lowest BCUT2D eigenvalue weighted by molar-refractivity contribution is 0.170. The van der Waals surface area contributed by atoms with Gasteiger partial charge in [-0.25, -0.2) is 0 Å². The molecule has 1 heterocycles. The number of nitrogens with zero attached hydrogens (tertiary/aromatic N) is 2. The van der Waals surface area contributed by atoms with Crippen LogP contribution in [0.5, 0.6) is 0 Å². The van der Waals surface area contributed by atoms with Gasteiger partial charge < -0.3 is 10.7 Å². The zero-order valence-corrected chi connectivity index (χ0v) is 12.2. The minimum absolute atomic E-state index is 0.0572. The molecular weight excluding hydrogens is 242 g/mol. The Morgan fingerprint density at radius 1 is 1.33 bits per heavy atom. The summed E-state index contributed by atoms with van der Waals surface area (Å²) in [6.45, 7) is 8.89. The average molecular weight is 263 g/mol. The Bertz CT molecular complexity index is 444. The molecule has 0 bridgehead atoms. The van der Waals surface area contributed by atoms with Gasteiger partial charge in [0.15, 0.2) is 5.17 Å². The lowest BCUT2D eigenvalue weighted by Crippen LogP contribution is -2.49. The van der Waals surface area contributed by atoms with Crippen molar-refractivity contribution in [3.05, 3.63) is 35.9 Å². The molecule has 1 aliphatic rings. The highest BCUT2D eigenvalue weighted by atomic mass is 32.2. The highest BCUT2D eigenvalue weighted by Gasteiger charge is 2.49. The van der Waals surface area contributed by atoms with Gasteiger partial charge in [-0.1, -0.05) is 49.0 Å². The van der Waals surface area contributed by atoms with Crippen LogP contribution in [0.3, 0.4) is 0 Å². The molecule has 0 saturated carbocycles. The molecule has 3 nitrogen and oxygen atoms in total. The Hall–Kier alpha value is -1.16. The highest BCUT2D eigenvalue weighted by molar-refractivity contribution is 8.14. The largest absolute Gasteiger partial charge is 0.337 e. The van der Waals surface area contributed by atoms with Gasteiger partial charge >= 0.3 is 0 Å². The van der Waals surface area contributed by atoms with E-state index in [1.165, 1.54) is 5.56 Å². The first-order valence-corrected chi connectivity index (χ1v) is 7.19. The molecule has 0 amide bonds. The molecule has 2 unspecified atom stereocenters. The fourth-order valence-corrected chi connectivity index (χ4v) is 4.09. The fraction of sp³-hybridized carbons (Fsp3) is 0.500. The Kier molecular flexibility index (Phi) is 3.57. The topological polar surface area (TPSA) is 41.6 Å². The summed E-state index contributed by atoms with van der Waals surface area (Å²) in [5, 5.41) is 5.32. The number of amidine groups is 1. The van der Waals surface area contributed by atoms with Crippen LogP contribution in [-0.2, 0) is 5.54 Å². The maximum atomic E-state index is 5.55. The van der Waals surface area contributed by atoms with Crippen molar-refractivity contribution in [1.29, 1.82) is 0 Å². The quantitative estimate of drug-likeness (QED) is 0.659. The number of rotatable bonds is 2. The van der Waals surface area contributed by atoms with Crippen molar-refractivity contribution in [3.63, 3.8) is 0 Å². The van der Waals surface area contributed by atoms with E-state index in [1.54, 1.807) is 11.8 Å². The van der Waals surface area contributed by atoms with Gasteiger partial charge in [-0.05, 0) is 26.3 Å². The summed E-state index contributed by atoms with van der Waals surface area (Å²) < 4.78 is 0. The van der Waals surface area contributed by atoms with Gasteiger partial charge in [-0.15, -0.1) is 0 Å². The third kappa shape index (κ3) is 1.88. The van der Waals surface area contributed by atoms with E-state index < -0.39 is 0 Å². The van der Waals surface area contributed by atoms with Gasteiger partial charge in [0.1, 0.15) is 0 Å². The number of hydrazone groups is 1. The molecule has 98 valence electrons. The first kappa shape index (κ1) is 13.3. The molecule has 18 heavy (non-hydrogen) atoms. The zero-order valence-electron chi connectivity index (χ0n) is 11.4. The van der Waals surface area contributed by atoms with Crippen LogP contribution < -0.4 is 5.84 Å². The number of benzene rings is 1. The van der Waals surface area contributed by atoms with Crippen LogP contribution >= 0.6 is 11.8 Å². The maximum absolute atomic E-state index is 5.55. The van der Waals surface area contributed by atoms with E-state index in [-0.39, 0.29) is 5.54 Å². The zero-order chi connectivity index (χ0) is 13.3. The monoisotopic (exact) mass is 263 g/mol. The Morgan fingerprint density at radius 2 is 1.94 bits per heavy atom. The van der Waals surface area contributed by atoms with Crippen molar-refractivity contribution >= 4 is 16.9 Å². The molecule has 0 spiro atoms. The molecule has 1 saturated heterocycles. The van der Waals surface area contributed by atoms with Crippen molar-refractivity contribution < 1.29 is 0 Å². The predicted octanol–water partition coefficient (Wildman–Crippen LogP) is 2.98. The van der Waals surface area contributed by atoms with E-state index in [2.05, 4.69) is 68.0 Å². The van der Waals surface area contributed by atoms with Crippen LogP contribution in [0.1, 0.15) is 33.3 Å². The standard InChI is InChI=1S/C14H21N3S/c1-10(2)17-13(16-15)18-11(3)14(17,4)12-8-6-5-7-9-12/h5-11H,15H2,1-4H3/b16-13-. The fourth-order valence-electron chi connectivity index (χ4n) is 2.72. The van der Waals surface area contributed by atoms with Crippen LogP contribution in [0.4, 0.5) is 0 Å². The van der Waals surface area contributed by atoms with Crippen LogP contribution in [0.25, 0.3) is 0 Å². The summed E-state index contributed by atoms with van der Waals surface area (Å²) in [6, 6.07) is 11.0. The van der Waals surface area contributed by atoms with Gasteiger partial charge in [-0.2, -0.15) is 5.10 Å². The molecule has 2 rings (SSSR count). The summed E-state index contributed by atoms with van der Waals surface area (Å²) in [4.78, 5) is 2.33. The molecule has 0 aliphatic carbocycles.